The van der Waals surface area contributed by atoms with Crippen LogP contribution in [0, 0.1) is 17.5 Å². The van der Waals surface area contributed by atoms with E-state index in [0.717, 1.165) is 11.6 Å². The molecule has 0 radical (unpaired) electrons. The van der Waals surface area contributed by atoms with Gasteiger partial charge in [0.15, 0.2) is 11.6 Å². The van der Waals surface area contributed by atoms with Gasteiger partial charge in [-0.05, 0) is 36.9 Å². The lowest BCUT2D eigenvalue weighted by atomic mass is 10.1. The minimum absolute atomic E-state index is 0.163. The van der Waals surface area contributed by atoms with Crippen LogP contribution in [0.1, 0.15) is 11.1 Å². The number of hydrogen-bond donors (Lipinski definition) is 1. The normalized spacial score (nSPS) is 10.6. The smallest absolute Gasteiger partial charge is 0.200 e. The molecule has 20 heavy (non-hydrogen) atoms. The van der Waals surface area contributed by atoms with Crippen LogP contribution in [-0.4, -0.2) is 7.05 Å². The van der Waals surface area contributed by atoms with E-state index < -0.39 is 17.5 Å². The van der Waals surface area contributed by atoms with E-state index in [0.29, 0.717) is 12.1 Å². The second-order valence-electron chi connectivity index (χ2n) is 4.30. The Bertz CT molecular complexity index is 602. The summed E-state index contributed by atoms with van der Waals surface area (Å²) in [4.78, 5) is 0. The van der Waals surface area contributed by atoms with E-state index in [9.17, 15) is 13.2 Å². The average molecular weight is 281 g/mol. The standard InChI is InChI=1S/C15H14F3NO/c1-19-8-10-5-6-12(16)11(7-10)9-20-14-4-2-3-13(17)15(14)18/h2-7,19H,8-9H2,1H3. The van der Waals surface area contributed by atoms with Crippen LogP contribution in [0.4, 0.5) is 13.2 Å². The predicted octanol–water partition coefficient (Wildman–Crippen LogP) is 3.40. The van der Waals surface area contributed by atoms with Crippen molar-refractivity contribution < 1.29 is 17.9 Å². The van der Waals surface area contributed by atoms with Gasteiger partial charge in [-0.2, -0.15) is 4.39 Å². The summed E-state index contributed by atoms with van der Waals surface area (Å²) < 4.78 is 45.2. The van der Waals surface area contributed by atoms with Crippen LogP contribution < -0.4 is 10.1 Å². The van der Waals surface area contributed by atoms with Gasteiger partial charge in [-0.15, -0.1) is 0 Å². The van der Waals surface area contributed by atoms with E-state index in [1.807, 2.05) is 0 Å². The third kappa shape index (κ3) is 3.30. The Morgan fingerprint density at radius 3 is 2.60 bits per heavy atom. The van der Waals surface area contributed by atoms with Crippen molar-refractivity contribution in [2.75, 3.05) is 7.05 Å². The van der Waals surface area contributed by atoms with E-state index in [-0.39, 0.29) is 12.4 Å². The van der Waals surface area contributed by atoms with Gasteiger partial charge in [-0.3, -0.25) is 0 Å². The summed E-state index contributed by atoms with van der Waals surface area (Å²) in [5.74, 6) is -2.74. The molecule has 5 heteroatoms. The molecule has 0 aliphatic heterocycles. The van der Waals surface area contributed by atoms with E-state index >= 15 is 0 Å². The Kier molecular flexibility index (Phi) is 4.63. The second kappa shape index (κ2) is 6.43. The molecule has 0 saturated heterocycles. The molecule has 0 spiro atoms. The fourth-order valence-corrected chi connectivity index (χ4v) is 1.80. The van der Waals surface area contributed by atoms with Crippen molar-refractivity contribution in [2.45, 2.75) is 13.2 Å². The van der Waals surface area contributed by atoms with E-state index in [4.69, 9.17) is 4.74 Å². The summed E-state index contributed by atoms with van der Waals surface area (Å²) in [7, 11) is 1.78. The fourth-order valence-electron chi connectivity index (χ4n) is 1.80. The van der Waals surface area contributed by atoms with Crippen molar-refractivity contribution in [2.24, 2.45) is 0 Å². The molecular weight excluding hydrogens is 267 g/mol. The SMILES string of the molecule is CNCc1ccc(F)c(COc2cccc(F)c2F)c1. The van der Waals surface area contributed by atoms with Gasteiger partial charge in [0.1, 0.15) is 12.4 Å². The molecule has 2 nitrogen and oxygen atoms in total. The number of rotatable bonds is 5. The lowest BCUT2D eigenvalue weighted by molar-refractivity contribution is 0.279. The van der Waals surface area contributed by atoms with Crippen LogP contribution in [0.5, 0.6) is 5.75 Å². The van der Waals surface area contributed by atoms with Gasteiger partial charge >= 0.3 is 0 Å². The van der Waals surface area contributed by atoms with Gasteiger partial charge < -0.3 is 10.1 Å². The largest absolute Gasteiger partial charge is 0.486 e. The molecular formula is C15H14F3NO. The summed E-state index contributed by atoms with van der Waals surface area (Å²) >= 11 is 0. The lowest BCUT2D eigenvalue weighted by Gasteiger charge is -2.10. The lowest BCUT2D eigenvalue weighted by Crippen LogP contribution is -2.07. The first-order valence-electron chi connectivity index (χ1n) is 6.10. The minimum atomic E-state index is -1.07. The topological polar surface area (TPSA) is 21.3 Å². The molecule has 0 amide bonds. The molecule has 0 atom stereocenters. The number of benzene rings is 2. The first kappa shape index (κ1) is 14.4. The highest BCUT2D eigenvalue weighted by atomic mass is 19.2. The van der Waals surface area contributed by atoms with Crippen molar-refractivity contribution in [1.82, 2.24) is 5.32 Å². The molecule has 106 valence electrons. The second-order valence-corrected chi connectivity index (χ2v) is 4.30. The van der Waals surface area contributed by atoms with Crippen molar-refractivity contribution in [3.05, 3.63) is 65.0 Å². The maximum Gasteiger partial charge on any atom is 0.200 e. The van der Waals surface area contributed by atoms with E-state index in [1.165, 1.54) is 18.2 Å². The fraction of sp³-hybridized carbons (Fsp3) is 0.200. The Balaban J connectivity index is 2.14. The monoisotopic (exact) mass is 281 g/mol. The molecule has 0 bridgehead atoms. The van der Waals surface area contributed by atoms with Crippen LogP contribution in [0.2, 0.25) is 0 Å². The third-order valence-electron chi connectivity index (χ3n) is 2.79. The van der Waals surface area contributed by atoms with Crippen molar-refractivity contribution in [1.29, 1.82) is 0 Å². The van der Waals surface area contributed by atoms with Gasteiger partial charge in [0.25, 0.3) is 0 Å². The zero-order valence-corrected chi connectivity index (χ0v) is 10.9. The summed E-state index contributed by atoms with van der Waals surface area (Å²) in [6.45, 7) is 0.422. The van der Waals surface area contributed by atoms with Crippen LogP contribution in [0.15, 0.2) is 36.4 Å². The molecule has 0 aliphatic rings. The van der Waals surface area contributed by atoms with Crippen LogP contribution in [0.3, 0.4) is 0 Å². The summed E-state index contributed by atoms with van der Waals surface area (Å²) in [5.41, 5.74) is 1.17. The van der Waals surface area contributed by atoms with Gasteiger partial charge in [0.05, 0.1) is 0 Å². The zero-order chi connectivity index (χ0) is 14.5. The third-order valence-corrected chi connectivity index (χ3v) is 2.79. The highest BCUT2D eigenvalue weighted by Gasteiger charge is 2.10. The molecule has 0 aliphatic carbocycles. The Morgan fingerprint density at radius 1 is 1.05 bits per heavy atom. The van der Waals surface area contributed by atoms with Gasteiger partial charge in [-0.25, -0.2) is 8.78 Å². The zero-order valence-electron chi connectivity index (χ0n) is 10.9. The summed E-state index contributed by atoms with van der Waals surface area (Å²) in [5, 5.41) is 2.95. The van der Waals surface area contributed by atoms with E-state index in [1.54, 1.807) is 19.2 Å². The Morgan fingerprint density at radius 2 is 1.85 bits per heavy atom. The maximum atomic E-state index is 13.6. The molecule has 2 rings (SSSR count). The quantitative estimate of drug-likeness (QED) is 0.907. The molecule has 2 aromatic carbocycles. The summed E-state index contributed by atoms with van der Waals surface area (Å²) in [6, 6.07) is 8.24. The summed E-state index contributed by atoms with van der Waals surface area (Å²) in [6.07, 6.45) is 0. The van der Waals surface area contributed by atoms with Gasteiger partial charge in [0, 0.05) is 12.1 Å². The highest BCUT2D eigenvalue weighted by molar-refractivity contribution is 5.28. The molecule has 1 N–H and O–H groups in total. The van der Waals surface area contributed by atoms with Crippen molar-refractivity contribution >= 4 is 0 Å². The molecule has 0 saturated carbocycles. The predicted molar refractivity (Wildman–Crippen MR) is 69.9 cm³/mol. The van der Waals surface area contributed by atoms with Crippen LogP contribution >= 0.6 is 0 Å². The van der Waals surface area contributed by atoms with Crippen molar-refractivity contribution in [3.8, 4) is 5.75 Å². The first-order chi connectivity index (χ1) is 9.61. The number of nitrogens with one attached hydrogen (secondary N) is 1. The Labute approximate surface area is 115 Å². The maximum absolute atomic E-state index is 13.6. The van der Waals surface area contributed by atoms with Crippen molar-refractivity contribution in [3.63, 3.8) is 0 Å². The molecule has 0 heterocycles. The number of hydrogen-bond acceptors (Lipinski definition) is 2. The Hall–Kier alpha value is -2.01. The first-order valence-corrected chi connectivity index (χ1v) is 6.10. The van der Waals surface area contributed by atoms with Crippen LogP contribution in [0.25, 0.3) is 0 Å². The highest BCUT2D eigenvalue weighted by Crippen LogP contribution is 2.21. The van der Waals surface area contributed by atoms with Crippen LogP contribution in [-0.2, 0) is 13.2 Å². The molecule has 0 aromatic heterocycles. The average Bonchev–Trinajstić information content (AvgIpc) is 2.44. The molecule has 0 fully saturated rings. The molecule has 0 unspecified atom stereocenters. The number of halogens is 3. The van der Waals surface area contributed by atoms with Gasteiger partial charge in [-0.1, -0.05) is 12.1 Å². The molecule has 2 aromatic rings. The number of ether oxygens (including phenoxy) is 1. The minimum Gasteiger partial charge on any atom is -0.486 e. The van der Waals surface area contributed by atoms with E-state index in [2.05, 4.69) is 5.32 Å². The van der Waals surface area contributed by atoms with Gasteiger partial charge in [0.2, 0.25) is 5.82 Å².